The highest BCUT2D eigenvalue weighted by Crippen LogP contribution is 2.24. The number of rotatable bonds is 7. The van der Waals surface area contributed by atoms with Gasteiger partial charge in [-0.15, -0.1) is 0 Å². The van der Waals surface area contributed by atoms with Crippen LogP contribution in [0.3, 0.4) is 0 Å². The van der Waals surface area contributed by atoms with Gasteiger partial charge >= 0.3 is 5.97 Å². The van der Waals surface area contributed by atoms with E-state index in [0.717, 1.165) is 38.9 Å². The van der Waals surface area contributed by atoms with E-state index in [-0.39, 0.29) is 15.5 Å². The van der Waals surface area contributed by atoms with Gasteiger partial charge in [-0.1, -0.05) is 18.5 Å². The maximum absolute atomic E-state index is 12.5. The Balaban J connectivity index is 1.97. The van der Waals surface area contributed by atoms with E-state index >= 15 is 0 Å². The third-order valence-corrected chi connectivity index (χ3v) is 6.36. The molecule has 1 aliphatic rings. The average molecular weight is 389 g/mol. The summed E-state index contributed by atoms with van der Waals surface area (Å²) in [7, 11) is -2.45. The highest BCUT2D eigenvalue weighted by atomic mass is 35.5. The molecule has 6 nitrogen and oxygen atoms in total. The fraction of sp³-hybridized carbons (Fsp3) is 0.588. The van der Waals surface area contributed by atoms with Gasteiger partial charge in [0.25, 0.3) is 0 Å². The second-order valence-corrected chi connectivity index (χ2v) is 8.42. The van der Waals surface area contributed by atoms with Crippen LogP contribution in [0, 0.1) is 5.92 Å². The monoisotopic (exact) mass is 388 g/mol. The molecule has 140 valence electrons. The smallest absolute Gasteiger partial charge is 0.337 e. The van der Waals surface area contributed by atoms with Crippen LogP contribution in [0.4, 0.5) is 0 Å². The summed E-state index contributed by atoms with van der Waals surface area (Å²) in [6.45, 7) is 5.68. The fourth-order valence-corrected chi connectivity index (χ4v) is 4.66. The quantitative estimate of drug-likeness (QED) is 0.726. The molecule has 1 aliphatic heterocycles. The van der Waals surface area contributed by atoms with Crippen LogP contribution in [0.15, 0.2) is 23.1 Å². The van der Waals surface area contributed by atoms with Crippen molar-refractivity contribution in [3.63, 3.8) is 0 Å². The number of esters is 1. The van der Waals surface area contributed by atoms with E-state index in [1.54, 1.807) is 0 Å². The maximum Gasteiger partial charge on any atom is 0.337 e. The van der Waals surface area contributed by atoms with Gasteiger partial charge in [0.15, 0.2) is 0 Å². The van der Waals surface area contributed by atoms with Crippen molar-refractivity contribution in [2.45, 2.75) is 31.1 Å². The zero-order chi connectivity index (χ0) is 18.4. The summed E-state index contributed by atoms with van der Waals surface area (Å²) in [6.07, 6.45) is 3.10. The topological polar surface area (TPSA) is 75.7 Å². The van der Waals surface area contributed by atoms with E-state index in [9.17, 15) is 13.2 Å². The van der Waals surface area contributed by atoms with E-state index in [0.29, 0.717) is 12.5 Å². The molecule has 2 rings (SSSR count). The van der Waals surface area contributed by atoms with Crippen LogP contribution >= 0.6 is 11.6 Å². The molecule has 1 aromatic rings. The minimum absolute atomic E-state index is 0.00756. The first-order valence-corrected chi connectivity index (χ1v) is 10.3. The van der Waals surface area contributed by atoms with E-state index in [2.05, 4.69) is 21.3 Å². The van der Waals surface area contributed by atoms with Crippen LogP contribution < -0.4 is 4.72 Å². The predicted octanol–water partition coefficient (Wildman–Crippen LogP) is 2.53. The molecule has 0 spiro atoms. The van der Waals surface area contributed by atoms with Crippen molar-refractivity contribution in [1.29, 1.82) is 0 Å². The van der Waals surface area contributed by atoms with Gasteiger partial charge < -0.3 is 9.64 Å². The highest BCUT2D eigenvalue weighted by Gasteiger charge is 2.23. The third kappa shape index (κ3) is 5.41. The molecule has 0 saturated carbocycles. The Morgan fingerprint density at radius 1 is 1.36 bits per heavy atom. The molecular weight excluding hydrogens is 364 g/mol. The van der Waals surface area contributed by atoms with E-state index in [4.69, 9.17) is 11.6 Å². The molecule has 0 amide bonds. The van der Waals surface area contributed by atoms with E-state index in [1.807, 2.05) is 0 Å². The number of hydrogen-bond donors (Lipinski definition) is 1. The fourth-order valence-electron chi connectivity index (χ4n) is 3.00. The van der Waals surface area contributed by atoms with Crippen LogP contribution in [0.1, 0.15) is 36.5 Å². The Hall–Kier alpha value is -1.15. The first-order chi connectivity index (χ1) is 11.9. The predicted molar refractivity (Wildman–Crippen MR) is 97.4 cm³/mol. The van der Waals surface area contributed by atoms with Crippen molar-refractivity contribution in [1.82, 2.24) is 9.62 Å². The van der Waals surface area contributed by atoms with Crippen molar-refractivity contribution >= 4 is 27.6 Å². The number of methoxy groups -OCH3 is 1. The van der Waals surface area contributed by atoms with Crippen LogP contribution in [0.5, 0.6) is 0 Å². The summed E-state index contributed by atoms with van der Waals surface area (Å²) in [5.41, 5.74) is 0.217. The number of nitrogens with one attached hydrogen (secondary N) is 1. The lowest BCUT2D eigenvalue weighted by Crippen LogP contribution is -2.38. The summed E-state index contributed by atoms with van der Waals surface area (Å²) < 4.78 is 32.2. The Morgan fingerprint density at radius 2 is 2.04 bits per heavy atom. The van der Waals surface area contributed by atoms with Crippen LogP contribution in [0.25, 0.3) is 0 Å². The van der Waals surface area contributed by atoms with Crippen molar-refractivity contribution in [2.24, 2.45) is 5.92 Å². The lowest BCUT2D eigenvalue weighted by atomic mass is 9.97. The summed E-state index contributed by atoms with van der Waals surface area (Å²) in [4.78, 5) is 13.9. The largest absolute Gasteiger partial charge is 0.465 e. The Labute approximate surface area is 154 Å². The van der Waals surface area contributed by atoms with E-state index in [1.165, 1.54) is 25.3 Å². The average Bonchev–Trinajstić information content (AvgIpc) is 2.60. The summed E-state index contributed by atoms with van der Waals surface area (Å²) in [5, 5.41) is 0.00756. The third-order valence-electron chi connectivity index (χ3n) is 4.45. The molecule has 0 radical (unpaired) electrons. The molecule has 25 heavy (non-hydrogen) atoms. The minimum Gasteiger partial charge on any atom is -0.465 e. The van der Waals surface area contributed by atoms with Gasteiger partial charge in [-0.2, -0.15) is 0 Å². The van der Waals surface area contributed by atoms with Crippen molar-refractivity contribution in [2.75, 3.05) is 33.3 Å². The molecule has 0 aliphatic carbocycles. The lowest BCUT2D eigenvalue weighted by Gasteiger charge is -2.31. The van der Waals surface area contributed by atoms with Crippen molar-refractivity contribution in [3.05, 3.63) is 28.8 Å². The molecule has 0 unspecified atom stereocenters. The number of likely N-dealkylation sites (tertiary alicyclic amines) is 1. The molecule has 1 saturated heterocycles. The Kier molecular flexibility index (Phi) is 7.25. The molecule has 1 heterocycles. The lowest BCUT2D eigenvalue weighted by molar-refractivity contribution is 0.0600. The van der Waals surface area contributed by atoms with Gasteiger partial charge in [-0.25, -0.2) is 17.9 Å². The van der Waals surface area contributed by atoms with Gasteiger partial charge in [0.05, 0.1) is 17.7 Å². The number of carbonyl (C=O) groups is 1. The van der Waals surface area contributed by atoms with Gasteiger partial charge in [0, 0.05) is 6.54 Å². The molecule has 0 aromatic heterocycles. The van der Waals surface area contributed by atoms with Gasteiger partial charge in [-0.3, -0.25) is 0 Å². The SMILES string of the molecule is CCCN1CCC(CNS(=O)(=O)c2ccc(C(=O)OC)cc2Cl)CC1. The first kappa shape index (κ1) is 20.2. The molecule has 0 atom stereocenters. The summed E-state index contributed by atoms with van der Waals surface area (Å²) in [6, 6.07) is 4.04. The standard InChI is InChI=1S/C17H25ClN2O4S/c1-3-8-20-9-6-13(7-10-20)12-19-25(22,23)16-5-4-14(11-15(16)18)17(21)24-2/h4-5,11,13,19H,3,6-10,12H2,1-2H3. The molecule has 1 fully saturated rings. The zero-order valence-electron chi connectivity index (χ0n) is 14.6. The number of nitrogens with zero attached hydrogens (tertiary/aromatic N) is 1. The number of carbonyl (C=O) groups excluding carboxylic acids is 1. The number of piperidine rings is 1. The normalized spacial score (nSPS) is 16.8. The summed E-state index contributed by atoms with van der Waals surface area (Å²) in [5.74, 6) is -0.228. The minimum atomic E-state index is -3.71. The van der Waals surface area contributed by atoms with E-state index < -0.39 is 16.0 Å². The van der Waals surface area contributed by atoms with Crippen molar-refractivity contribution in [3.8, 4) is 0 Å². The highest BCUT2D eigenvalue weighted by molar-refractivity contribution is 7.89. The number of benzene rings is 1. The van der Waals surface area contributed by atoms with Crippen LogP contribution in [-0.4, -0.2) is 52.6 Å². The van der Waals surface area contributed by atoms with Gasteiger partial charge in [0.1, 0.15) is 4.90 Å². The molecule has 0 bridgehead atoms. The second kappa shape index (κ2) is 8.98. The molecular formula is C17H25ClN2O4S. The Morgan fingerprint density at radius 3 is 2.60 bits per heavy atom. The molecule has 1 N–H and O–H groups in total. The number of ether oxygens (including phenoxy) is 1. The first-order valence-electron chi connectivity index (χ1n) is 8.47. The van der Waals surface area contributed by atoms with Gasteiger partial charge in [0.2, 0.25) is 10.0 Å². The molecule has 8 heteroatoms. The van der Waals surface area contributed by atoms with Gasteiger partial charge in [-0.05, 0) is 63.0 Å². The number of hydrogen-bond acceptors (Lipinski definition) is 5. The second-order valence-electron chi connectivity index (χ2n) is 6.27. The van der Waals surface area contributed by atoms with Crippen LogP contribution in [0.2, 0.25) is 5.02 Å². The van der Waals surface area contributed by atoms with Crippen molar-refractivity contribution < 1.29 is 17.9 Å². The van der Waals surface area contributed by atoms with Crippen LogP contribution in [-0.2, 0) is 14.8 Å². The summed E-state index contributed by atoms with van der Waals surface area (Å²) >= 11 is 6.06. The zero-order valence-corrected chi connectivity index (χ0v) is 16.2. The number of sulfonamides is 1. The maximum atomic E-state index is 12.5. The Bertz CT molecular complexity index is 701. The molecule has 1 aromatic carbocycles. The number of halogens is 1.